The summed E-state index contributed by atoms with van der Waals surface area (Å²) in [6, 6.07) is -1.44. The van der Waals surface area contributed by atoms with Crippen molar-refractivity contribution >= 4 is 17.8 Å². The molecule has 1 rings (SSSR count). The Morgan fingerprint density at radius 3 is 1.65 bits per heavy atom. The third-order valence-corrected chi connectivity index (χ3v) is 2.10. The first-order valence-electron chi connectivity index (χ1n) is 5.76. The van der Waals surface area contributed by atoms with Crippen molar-refractivity contribution in [1.82, 2.24) is 10.9 Å². The van der Waals surface area contributed by atoms with Crippen LogP contribution in [0, 0.1) is 5.41 Å². The van der Waals surface area contributed by atoms with Gasteiger partial charge in [-0.05, 0) is 24.8 Å². The van der Waals surface area contributed by atoms with Crippen LogP contribution < -0.4 is 34.0 Å². The maximum absolute atomic E-state index is 11.0. The summed E-state index contributed by atoms with van der Waals surface area (Å²) in [4.78, 5) is 29.7. The first kappa shape index (κ1) is 20.2. The normalized spacial score (nSPS) is 15.4. The summed E-state index contributed by atoms with van der Waals surface area (Å²) in [7, 11) is 0. The van der Waals surface area contributed by atoms with E-state index in [0.29, 0.717) is 6.42 Å². The van der Waals surface area contributed by atoms with Crippen LogP contribution in [0.2, 0.25) is 0 Å². The molecule has 0 spiro atoms. The summed E-state index contributed by atoms with van der Waals surface area (Å²) in [5.74, 6) is 9.18. The van der Waals surface area contributed by atoms with E-state index in [1.807, 2.05) is 6.92 Å². The largest absolute Gasteiger partial charge is 0.351 e. The van der Waals surface area contributed by atoms with E-state index < -0.39 is 12.1 Å². The number of hydrazine groups is 2. The van der Waals surface area contributed by atoms with E-state index in [9.17, 15) is 14.4 Å². The van der Waals surface area contributed by atoms with Crippen molar-refractivity contribution in [3.63, 3.8) is 0 Å². The molecule has 0 saturated heterocycles. The molecule has 0 heterocycles. The highest BCUT2D eigenvalue weighted by atomic mass is 16.2. The molecule has 4 amide bonds. The smallest absolute Gasteiger partial charge is 0.326 e. The zero-order chi connectivity index (χ0) is 16.3. The Labute approximate surface area is 118 Å². The van der Waals surface area contributed by atoms with Crippen molar-refractivity contribution in [1.29, 1.82) is 0 Å². The lowest BCUT2D eigenvalue weighted by atomic mass is 9.77. The van der Waals surface area contributed by atoms with Gasteiger partial charge in [0, 0.05) is 6.42 Å². The molecule has 0 aliphatic heterocycles. The van der Waals surface area contributed by atoms with E-state index in [1.54, 1.807) is 16.9 Å². The highest BCUT2D eigenvalue weighted by molar-refractivity contribution is 5.91. The number of nitrogens with two attached hydrogens (primary N) is 4. The Hall–Kier alpha value is -2.13. The number of nitrogens with one attached hydrogen (secondary N) is 2. The molecule has 0 bridgehead atoms. The minimum atomic E-state index is -0.718. The molecular formula is C11H24N6O3. The Kier molecular flexibility index (Phi) is 9.85. The van der Waals surface area contributed by atoms with Crippen LogP contribution in [-0.2, 0) is 4.79 Å². The van der Waals surface area contributed by atoms with Gasteiger partial charge < -0.3 is 11.5 Å². The van der Waals surface area contributed by atoms with Crippen molar-refractivity contribution in [2.75, 3.05) is 0 Å². The maximum Gasteiger partial charge on any atom is 0.326 e. The summed E-state index contributed by atoms with van der Waals surface area (Å²) < 4.78 is 0. The number of primary amides is 2. The molecular weight excluding hydrogens is 264 g/mol. The lowest BCUT2D eigenvalue weighted by Gasteiger charge is -2.27. The molecule has 0 aromatic rings. The molecule has 0 aromatic heterocycles. The molecule has 0 aromatic carbocycles. The Morgan fingerprint density at radius 1 is 1.10 bits per heavy atom. The zero-order valence-electron chi connectivity index (χ0n) is 12.0. The van der Waals surface area contributed by atoms with E-state index in [2.05, 4.69) is 37.0 Å². The van der Waals surface area contributed by atoms with Gasteiger partial charge in [0.15, 0.2) is 5.78 Å². The monoisotopic (exact) mass is 288 g/mol. The predicted octanol–water partition coefficient (Wildman–Crippen LogP) is -0.621. The molecule has 0 unspecified atom stereocenters. The van der Waals surface area contributed by atoms with Gasteiger partial charge in [0.05, 0.1) is 0 Å². The van der Waals surface area contributed by atoms with Crippen molar-refractivity contribution < 1.29 is 14.4 Å². The predicted molar refractivity (Wildman–Crippen MR) is 75.6 cm³/mol. The average molecular weight is 288 g/mol. The fourth-order valence-electron chi connectivity index (χ4n) is 1.67. The first-order valence-corrected chi connectivity index (χ1v) is 5.76. The summed E-state index contributed by atoms with van der Waals surface area (Å²) in [5, 5.41) is 0. The molecule has 1 aliphatic carbocycles. The van der Waals surface area contributed by atoms with Gasteiger partial charge in [-0.3, -0.25) is 15.6 Å². The van der Waals surface area contributed by atoms with E-state index in [4.69, 9.17) is 0 Å². The highest BCUT2D eigenvalue weighted by Gasteiger charge is 2.25. The molecule has 9 heteroatoms. The van der Waals surface area contributed by atoms with Crippen LogP contribution in [-0.4, -0.2) is 17.8 Å². The van der Waals surface area contributed by atoms with Crippen molar-refractivity contribution in [3.8, 4) is 0 Å². The zero-order valence-corrected chi connectivity index (χ0v) is 12.0. The lowest BCUT2D eigenvalue weighted by Crippen LogP contribution is -2.34. The van der Waals surface area contributed by atoms with E-state index in [-0.39, 0.29) is 11.2 Å². The Balaban J connectivity index is 0. The third kappa shape index (κ3) is 13.9. The number of hydrogen-bond donors (Lipinski definition) is 6. The quantitative estimate of drug-likeness (QED) is 0.197. The Bertz CT molecular complexity index is 364. The number of ketones is 1. The second-order valence-electron chi connectivity index (χ2n) is 4.99. The fraction of sp³-hybridized carbons (Fsp3) is 0.545. The van der Waals surface area contributed by atoms with Gasteiger partial charge in [-0.25, -0.2) is 21.3 Å². The minimum absolute atomic E-state index is 0.204. The van der Waals surface area contributed by atoms with Crippen molar-refractivity contribution in [2.24, 2.45) is 28.6 Å². The van der Waals surface area contributed by atoms with Gasteiger partial charge in [-0.15, -0.1) is 0 Å². The topological polar surface area (TPSA) is 179 Å². The molecule has 0 atom stereocenters. The number of rotatable bonds is 0. The lowest BCUT2D eigenvalue weighted by molar-refractivity contribution is -0.117. The number of carbonyl (C=O) groups excluding carboxylic acids is 3. The van der Waals surface area contributed by atoms with Crippen LogP contribution in [0.1, 0.15) is 33.6 Å². The molecule has 9 nitrogen and oxygen atoms in total. The molecule has 0 saturated carbocycles. The van der Waals surface area contributed by atoms with Crippen LogP contribution in [0.5, 0.6) is 0 Å². The summed E-state index contributed by atoms with van der Waals surface area (Å²) in [5.41, 5.74) is 13.6. The molecule has 1 aliphatic rings. The Morgan fingerprint density at radius 2 is 1.45 bits per heavy atom. The van der Waals surface area contributed by atoms with Crippen LogP contribution in [0.4, 0.5) is 9.59 Å². The van der Waals surface area contributed by atoms with E-state index >= 15 is 0 Å². The number of urea groups is 2. The highest BCUT2D eigenvalue weighted by Crippen LogP contribution is 2.32. The third-order valence-electron chi connectivity index (χ3n) is 2.10. The number of allylic oxidation sites excluding steroid dienone is 2. The average Bonchev–Trinajstić information content (AvgIpc) is 2.27. The van der Waals surface area contributed by atoms with Gasteiger partial charge in [0.2, 0.25) is 0 Å². The minimum Gasteiger partial charge on any atom is -0.351 e. The van der Waals surface area contributed by atoms with Gasteiger partial charge in [0.1, 0.15) is 0 Å². The second kappa shape index (κ2) is 9.75. The molecule has 116 valence electrons. The SMILES string of the molecule is CC1=CC(=O)CC(C)(C)C1.NNC(N)=O.NNC(N)=O. The summed E-state index contributed by atoms with van der Waals surface area (Å²) >= 11 is 0. The number of amides is 4. The second-order valence-corrected chi connectivity index (χ2v) is 4.99. The van der Waals surface area contributed by atoms with Gasteiger partial charge >= 0.3 is 12.1 Å². The maximum atomic E-state index is 11.0. The number of carbonyl (C=O) groups is 3. The van der Waals surface area contributed by atoms with Crippen LogP contribution in [0.3, 0.4) is 0 Å². The summed E-state index contributed by atoms with van der Waals surface area (Å²) in [6.45, 7) is 6.31. The number of hydrogen-bond acceptors (Lipinski definition) is 5. The van der Waals surface area contributed by atoms with Crippen LogP contribution in [0.25, 0.3) is 0 Å². The van der Waals surface area contributed by atoms with Gasteiger partial charge in [-0.1, -0.05) is 19.4 Å². The van der Waals surface area contributed by atoms with Gasteiger partial charge in [-0.2, -0.15) is 0 Å². The van der Waals surface area contributed by atoms with Crippen LogP contribution >= 0.6 is 0 Å². The molecule has 0 radical (unpaired) electrons. The van der Waals surface area contributed by atoms with Crippen LogP contribution in [0.15, 0.2) is 11.6 Å². The van der Waals surface area contributed by atoms with Crippen molar-refractivity contribution in [2.45, 2.75) is 33.6 Å². The van der Waals surface area contributed by atoms with E-state index in [1.165, 1.54) is 5.57 Å². The van der Waals surface area contributed by atoms with E-state index in [0.717, 1.165) is 6.42 Å². The molecule has 0 fully saturated rings. The van der Waals surface area contributed by atoms with Gasteiger partial charge in [0.25, 0.3) is 0 Å². The molecule has 20 heavy (non-hydrogen) atoms. The summed E-state index contributed by atoms with van der Waals surface area (Å²) in [6.07, 6.45) is 3.55. The molecule has 10 N–H and O–H groups in total. The van der Waals surface area contributed by atoms with Crippen molar-refractivity contribution in [3.05, 3.63) is 11.6 Å². The fourth-order valence-corrected chi connectivity index (χ4v) is 1.67. The standard InChI is InChI=1S/C9H14O.2CH5N3O/c1-7-4-8(10)6-9(2,3)5-7;2*2-1(5)4-3/h4H,5-6H2,1-3H3;2*3H2,(H3,2,4,5). The first-order chi connectivity index (χ1) is 9.03.